The Morgan fingerprint density at radius 3 is 2.77 bits per heavy atom. The molecule has 0 radical (unpaired) electrons. The van der Waals surface area contributed by atoms with Crippen LogP contribution < -0.4 is 5.32 Å². The standard InChI is InChI=1S/C22H24FN5O3/c1-14-21(29)24-7-8-27(14)12-16-13-28(11-15-3-5-17(23)6-4-15)20-10-25-19(9-18(16)20)22(30)26(2)31/h3-6,9-10,13-14,31H,7-8,11-12H2,1-2H3,(H,24,29). The largest absolute Gasteiger partial charge is 0.353 e. The van der Waals surface area contributed by atoms with Crippen molar-refractivity contribution < 1.29 is 19.2 Å². The first-order valence-corrected chi connectivity index (χ1v) is 10.0. The molecule has 162 valence electrons. The van der Waals surface area contributed by atoms with Crippen molar-refractivity contribution in [3.63, 3.8) is 0 Å². The number of fused-ring (bicyclic) bond motifs is 1. The number of halogens is 1. The molecular weight excluding hydrogens is 401 g/mol. The average molecular weight is 425 g/mol. The number of pyridine rings is 1. The Hall–Kier alpha value is -3.30. The molecule has 1 saturated heterocycles. The summed E-state index contributed by atoms with van der Waals surface area (Å²) in [6.45, 7) is 4.19. The summed E-state index contributed by atoms with van der Waals surface area (Å²) in [5.74, 6) is -0.914. The van der Waals surface area contributed by atoms with Crippen molar-refractivity contribution in [1.82, 2.24) is 24.8 Å². The topological polar surface area (TPSA) is 90.7 Å². The Labute approximate surface area is 178 Å². The van der Waals surface area contributed by atoms with Crippen LogP contribution >= 0.6 is 0 Å². The summed E-state index contributed by atoms with van der Waals surface area (Å²) < 4.78 is 15.3. The number of carbonyl (C=O) groups excluding carboxylic acids is 2. The van der Waals surface area contributed by atoms with E-state index < -0.39 is 5.91 Å². The Morgan fingerprint density at radius 1 is 1.32 bits per heavy atom. The van der Waals surface area contributed by atoms with Crippen LogP contribution in [-0.2, 0) is 17.9 Å². The maximum atomic E-state index is 13.3. The fraction of sp³-hybridized carbons (Fsp3) is 0.318. The third kappa shape index (κ3) is 4.28. The number of aromatic nitrogens is 2. The zero-order chi connectivity index (χ0) is 22.1. The number of hydroxylamine groups is 2. The van der Waals surface area contributed by atoms with E-state index in [0.29, 0.717) is 31.2 Å². The monoisotopic (exact) mass is 425 g/mol. The van der Waals surface area contributed by atoms with Gasteiger partial charge in [0, 0.05) is 44.8 Å². The summed E-state index contributed by atoms with van der Waals surface area (Å²) >= 11 is 0. The minimum absolute atomic E-state index is 0.0132. The molecule has 2 aromatic heterocycles. The SMILES string of the molecule is CC1C(=O)NCCN1Cc1cn(Cc2ccc(F)cc2)c2cnc(C(=O)N(C)O)cc12. The number of hydrogen-bond acceptors (Lipinski definition) is 5. The molecule has 4 rings (SSSR count). The molecule has 0 saturated carbocycles. The van der Waals surface area contributed by atoms with Gasteiger partial charge in [0.2, 0.25) is 5.91 Å². The van der Waals surface area contributed by atoms with Crippen molar-refractivity contribution in [1.29, 1.82) is 0 Å². The first-order valence-electron chi connectivity index (χ1n) is 10.0. The molecular formula is C22H24FN5O3. The molecule has 1 fully saturated rings. The third-order valence-corrected chi connectivity index (χ3v) is 5.63. The minimum Gasteiger partial charge on any atom is -0.353 e. The molecule has 8 nitrogen and oxygen atoms in total. The van der Waals surface area contributed by atoms with Crippen LogP contribution in [0.2, 0.25) is 0 Å². The lowest BCUT2D eigenvalue weighted by Crippen LogP contribution is -2.53. The van der Waals surface area contributed by atoms with Crippen LogP contribution in [0.15, 0.2) is 42.7 Å². The molecule has 1 aliphatic rings. The van der Waals surface area contributed by atoms with Gasteiger partial charge < -0.3 is 9.88 Å². The van der Waals surface area contributed by atoms with Crippen molar-refractivity contribution in [2.75, 3.05) is 20.1 Å². The van der Waals surface area contributed by atoms with Crippen LogP contribution in [0.3, 0.4) is 0 Å². The molecule has 2 N–H and O–H groups in total. The average Bonchev–Trinajstić information content (AvgIpc) is 3.09. The summed E-state index contributed by atoms with van der Waals surface area (Å²) in [5.41, 5.74) is 2.80. The Bertz CT molecular complexity index is 1130. The van der Waals surface area contributed by atoms with Gasteiger partial charge in [0.1, 0.15) is 11.5 Å². The predicted molar refractivity (Wildman–Crippen MR) is 112 cm³/mol. The second-order valence-electron chi connectivity index (χ2n) is 7.76. The van der Waals surface area contributed by atoms with Gasteiger partial charge in [0.25, 0.3) is 5.91 Å². The maximum absolute atomic E-state index is 13.3. The zero-order valence-corrected chi connectivity index (χ0v) is 17.4. The van der Waals surface area contributed by atoms with Crippen molar-refractivity contribution in [2.45, 2.75) is 26.1 Å². The number of rotatable bonds is 5. The van der Waals surface area contributed by atoms with Crippen molar-refractivity contribution in [3.05, 3.63) is 65.4 Å². The van der Waals surface area contributed by atoms with E-state index in [9.17, 15) is 19.2 Å². The van der Waals surface area contributed by atoms with E-state index >= 15 is 0 Å². The van der Waals surface area contributed by atoms with Gasteiger partial charge in [-0.2, -0.15) is 0 Å². The van der Waals surface area contributed by atoms with E-state index in [1.165, 1.54) is 19.2 Å². The zero-order valence-electron chi connectivity index (χ0n) is 17.4. The molecule has 31 heavy (non-hydrogen) atoms. The van der Waals surface area contributed by atoms with Gasteiger partial charge in [-0.3, -0.25) is 19.7 Å². The molecule has 2 amide bonds. The summed E-state index contributed by atoms with van der Waals surface area (Å²) in [7, 11) is 1.25. The van der Waals surface area contributed by atoms with Crippen molar-refractivity contribution >= 4 is 22.7 Å². The van der Waals surface area contributed by atoms with E-state index in [2.05, 4.69) is 15.2 Å². The number of amides is 2. The first kappa shape index (κ1) is 21.0. The van der Waals surface area contributed by atoms with E-state index in [4.69, 9.17) is 0 Å². The Morgan fingerprint density at radius 2 is 2.06 bits per heavy atom. The first-order chi connectivity index (χ1) is 14.8. The van der Waals surface area contributed by atoms with E-state index in [1.54, 1.807) is 24.4 Å². The fourth-order valence-electron chi connectivity index (χ4n) is 3.85. The molecule has 1 aromatic carbocycles. The molecule has 0 aliphatic carbocycles. The summed E-state index contributed by atoms with van der Waals surface area (Å²) in [6, 6.07) is 7.68. The molecule has 9 heteroatoms. The molecule has 3 heterocycles. The molecule has 3 aromatic rings. The summed E-state index contributed by atoms with van der Waals surface area (Å²) in [4.78, 5) is 30.6. The Kier molecular flexibility index (Phi) is 5.71. The Balaban J connectivity index is 1.74. The lowest BCUT2D eigenvalue weighted by molar-refractivity contribution is -0.128. The highest BCUT2D eigenvalue weighted by atomic mass is 19.1. The highest BCUT2D eigenvalue weighted by Gasteiger charge is 2.26. The van der Waals surface area contributed by atoms with Gasteiger partial charge in [-0.1, -0.05) is 12.1 Å². The highest BCUT2D eigenvalue weighted by Crippen LogP contribution is 2.25. The summed E-state index contributed by atoms with van der Waals surface area (Å²) in [5, 5.41) is 13.7. The van der Waals surface area contributed by atoms with E-state index in [1.807, 2.05) is 17.7 Å². The number of nitrogens with zero attached hydrogens (tertiary/aromatic N) is 4. The molecule has 0 bridgehead atoms. The molecule has 1 atom stereocenters. The molecule has 0 spiro atoms. The lowest BCUT2D eigenvalue weighted by atomic mass is 10.1. The number of carbonyl (C=O) groups is 2. The van der Waals surface area contributed by atoms with Crippen molar-refractivity contribution in [2.24, 2.45) is 0 Å². The third-order valence-electron chi connectivity index (χ3n) is 5.63. The van der Waals surface area contributed by atoms with Gasteiger partial charge in [0.05, 0.1) is 17.8 Å². The molecule has 1 unspecified atom stereocenters. The van der Waals surface area contributed by atoms with Crippen LogP contribution in [0.1, 0.15) is 28.5 Å². The lowest BCUT2D eigenvalue weighted by Gasteiger charge is -2.32. The fourth-order valence-corrected chi connectivity index (χ4v) is 3.85. The second kappa shape index (κ2) is 8.44. The number of hydrogen-bond donors (Lipinski definition) is 2. The van der Waals surface area contributed by atoms with Crippen LogP contribution in [0, 0.1) is 5.82 Å². The number of benzene rings is 1. The van der Waals surface area contributed by atoms with Crippen molar-refractivity contribution in [3.8, 4) is 0 Å². The van der Waals surface area contributed by atoms with Crippen LogP contribution in [0.25, 0.3) is 10.9 Å². The number of nitrogens with one attached hydrogen (secondary N) is 1. The van der Waals surface area contributed by atoms with Crippen LogP contribution in [0.4, 0.5) is 4.39 Å². The summed E-state index contributed by atoms with van der Waals surface area (Å²) in [6.07, 6.45) is 3.58. The minimum atomic E-state index is -0.607. The quantitative estimate of drug-likeness (QED) is 0.482. The van der Waals surface area contributed by atoms with Gasteiger partial charge in [0.15, 0.2) is 0 Å². The van der Waals surface area contributed by atoms with Gasteiger partial charge in [-0.05, 0) is 36.2 Å². The van der Waals surface area contributed by atoms with Crippen LogP contribution in [-0.4, -0.2) is 62.7 Å². The van der Waals surface area contributed by atoms with Gasteiger partial charge >= 0.3 is 0 Å². The van der Waals surface area contributed by atoms with E-state index in [0.717, 1.165) is 22.0 Å². The highest BCUT2D eigenvalue weighted by molar-refractivity contribution is 5.96. The molecule has 1 aliphatic heterocycles. The number of piperazine rings is 1. The predicted octanol–water partition coefficient (Wildman–Crippen LogP) is 2.01. The smallest absolute Gasteiger partial charge is 0.295 e. The van der Waals surface area contributed by atoms with Gasteiger partial charge in [-0.25, -0.2) is 14.4 Å². The normalized spacial score (nSPS) is 17.0. The maximum Gasteiger partial charge on any atom is 0.295 e. The van der Waals surface area contributed by atoms with Crippen LogP contribution in [0.5, 0.6) is 0 Å². The second-order valence-corrected chi connectivity index (χ2v) is 7.76. The van der Waals surface area contributed by atoms with Gasteiger partial charge in [-0.15, -0.1) is 0 Å². The van der Waals surface area contributed by atoms with E-state index in [-0.39, 0.29) is 23.5 Å².